The van der Waals surface area contributed by atoms with Crippen molar-refractivity contribution in [2.45, 2.75) is 39.2 Å². The summed E-state index contributed by atoms with van der Waals surface area (Å²) >= 11 is 0. The van der Waals surface area contributed by atoms with E-state index in [2.05, 4.69) is 36.5 Å². The Morgan fingerprint density at radius 3 is 2.75 bits per heavy atom. The summed E-state index contributed by atoms with van der Waals surface area (Å²) in [5, 5.41) is 0. The van der Waals surface area contributed by atoms with Crippen molar-refractivity contribution in [2.24, 2.45) is 0 Å². The van der Waals surface area contributed by atoms with E-state index in [1.54, 1.807) is 29.8 Å². The van der Waals surface area contributed by atoms with Gasteiger partial charge in [-0.3, -0.25) is 9.36 Å². The highest BCUT2D eigenvalue weighted by Crippen LogP contribution is 2.26. The van der Waals surface area contributed by atoms with Crippen LogP contribution in [0.5, 0.6) is 0 Å². The highest BCUT2D eigenvalue weighted by Gasteiger charge is 2.29. The second-order valence-corrected chi connectivity index (χ2v) is 13.5. The van der Waals surface area contributed by atoms with E-state index >= 15 is 0 Å². The molecular weight excluding hydrogens is 370 g/mol. The number of ether oxygens (including phenoxy) is 1. The minimum atomic E-state index is -1.24. The van der Waals surface area contributed by atoms with Gasteiger partial charge in [0.05, 0.1) is 38.2 Å². The number of hydrogen-bond donors (Lipinski definition) is 0. The summed E-state index contributed by atoms with van der Waals surface area (Å²) in [5.41, 5.74) is 2.95. The van der Waals surface area contributed by atoms with Crippen LogP contribution >= 0.6 is 0 Å². The molecule has 2 heterocycles. The lowest BCUT2D eigenvalue weighted by Crippen LogP contribution is -2.26. The lowest BCUT2D eigenvalue weighted by Gasteiger charge is -2.14. The highest BCUT2D eigenvalue weighted by molar-refractivity contribution is 6.76. The topological polar surface area (TPSA) is 64.4 Å². The smallest absolute Gasteiger partial charge is 0.358 e. The van der Waals surface area contributed by atoms with Crippen LogP contribution in [-0.2, 0) is 11.3 Å². The quantitative estimate of drug-likeness (QED) is 0.454. The van der Waals surface area contributed by atoms with Gasteiger partial charge in [0.2, 0.25) is 0 Å². The molecule has 0 fully saturated rings. The maximum absolute atomic E-state index is 12.9. The zero-order valence-corrected chi connectivity index (χ0v) is 18.0. The van der Waals surface area contributed by atoms with Crippen LogP contribution in [0, 0.1) is 11.8 Å². The fraction of sp³-hybridized carbons (Fsp3) is 0.381. The third-order valence-electron chi connectivity index (χ3n) is 4.41. The summed E-state index contributed by atoms with van der Waals surface area (Å²) in [4.78, 5) is 31.0. The number of fused-ring (bicyclic) bond motifs is 3. The fourth-order valence-electron chi connectivity index (χ4n) is 3.01. The monoisotopic (exact) mass is 395 g/mol. The third-order valence-corrected chi connectivity index (χ3v) is 5.64. The van der Waals surface area contributed by atoms with E-state index in [0.717, 1.165) is 11.6 Å². The van der Waals surface area contributed by atoms with Gasteiger partial charge in [-0.05, 0) is 25.1 Å². The SMILES string of the molecule is CCOC(=O)c1ncn2c1CN(C)C(=O)c1cc(C#CC[Si](C)(C)C)ccc1-2. The lowest BCUT2D eigenvalue weighted by atomic mass is 10.1. The molecule has 3 rings (SSSR count). The number of aromatic nitrogens is 2. The normalized spacial score (nSPS) is 13.2. The van der Waals surface area contributed by atoms with Crippen molar-refractivity contribution >= 4 is 20.0 Å². The second-order valence-electron chi connectivity index (χ2n) is 8.06. The maximum atomic E-state index is 12.9. The molecule has 28 heavy (non-hydrogen) atoms. The van der Waals surface area contributed by atoms with Crippen molar-refractivity contribution in [3.8, 4) is 17.5 Å². The van der Waals surface area contributed by atoms with Gasteiger partial charge in [0.1, 0.15) is 6.33 Å². The predicted octanol–water partition coefficient (Wildman–Crippen LogP) is 3.32. The first-order chi connectivity index (χ1) is 13.2. The molecule has 1 aliphatic rings. The molecule has 0 atom stereocenters. The molecule has 7 heteroatoms. The van der Waals surface area contributed by atoms with Crippen molar-refractivity contribution in [3.63, 3.8) is 0 Å². The Morgan fingerprint density at radius 1 is 1.32 bits per heavy atom. The Hall–Kier alpha value is -2.85. The molecule has 1 aliphatic heterocycles. The Balaban J connectivity index is 2.05. The molecule has 0 bridgehead atoms. The molecule has 0 saturated carbocycles. The molecule has 1 aromatic carbocycles. The van der Waals surface area contributed by atoms with Crippen LogP contribution < -0.4 is 0 Å². The van der Waals surface area contributed by atoms with E-state index in [9.17, 15) is 9.59 Å². The van der Waals surface area contributed by atoms with E-state index in [1.807, 2.05) is 18.2 Å². The summed E-state index contributed by atoms with van der Waals surface area (Å²) in [7, 11) is 0.476. The number of esters is 1. The average Bonchev–Trinajstić information content (AvgIpc) is 2.99. The summed E-state index contributed by atoms with van der Waals surface area (Å²) in [6, 6.07) is 6.50. The predicted molar refractivity (Wildman–Crippen MR) is 110 cm³/mol. The Kier molecular flexibility index (Phi) is 5.43. The number of imidazole rings is 1. The van der Waals surface area contributed by atoms with Crippen molar-refractivity contribution in [1.29, 1.82) is 0 Å². The number of nitrogens with zero attached hydrogens (tertiary/aromatic N) is 3. The zero-order valence-electron chi connectivity index (χ0n) is 17.0. The van der Waals surface area contributed by atoms with Gasteiger partial charge in [-0.1, -0.05) is 25.6 Å². The Bertz CT molecular complexity index is 993. The molecular formula is C21H25N3O3Si. The molecule has 6 nitrogen and oxygen atoms in total. The van der Waals surface area contributed by atoms with E-state index in [1.165, 1.54) is 0 Å². The molecule has 0 saturated heterocycles. The minimum Gasteiger partial charge on any atom is -0.461 e. The van der Waals surface area contributed by atoms with Crippen LogP contribution in [0.15, 0.2) is 24.5 Å². The van der Waals surface area contributed by atoms with Crippen molar-refractivity contribution in [3.05, 3.63) is 47.0 Å². The van der Waals surface area contributed by atoms with Gasteiger partial charge in [0.25, 0.3) is 5.91 Å². The lowest BCUT2D eigenvalue weighted by molar-refractivity contribution is 0.0516. The largest absolute Gasteiger partial charge is 0.461 e. The first kappa shape index (κ1) is 19.9. The van der Waals surface area contributed by atoms with Gasteiger partial charge in [-0.15, -0.1) is 5.92 Å². The molecule has 1 amide bonds. The van der Waals surface area contributed by atoms with Crippen LogP contribution in [0.2, 0.25) is 25.7 Å². The summed E-state index contributed by atoms with van der Waals surface area (Å²) < 4.78 is 6.89. The van der Waals surface area contributed by atoms with E-state index in [-0.39, 0.29) is 24.8 Å². The molecule has 1 aromatic heterocycles. The molecule has 0 radical (unpaired) electrons. The van der Waals surface area contributed by atoms with E-state index in [0.29, 0.717) is 16.9 Å². The average molecular weight is 396 g/mol. The number of hydrogen-bond acceptors (Lipinski definition) is 4. The first-order valence-corrected chi connectivity index (χ1v) is 13.0. The minimum absolute atomic E-state index is 0.109. The van der Waals surface area contributed by atoms with Gasteiger partial charge in [0.15, 0.2) is 5.69 Å². The van der Waals surface area contributed by atoms with Crippen LogP contribution in [0.4, 0.5) is 0 Å². The van der Waals surface area contributed by atoms with Crippen LogP contribution in [0.1, 0.15) is 39.0 Å². The Morgan fingerprint density at radius 2 is 2.07 bits per heavy atom. The number of benzene rings is 1. The van der Waals surface area contributed by atoms with E-state index < -0.39 is 14.0 Å². The maximum Gasteiger partial charge on any atom is 0.358 e. The van der Waals surface area contributed by atoms with Gasteiger partial charge < -0.3 is 9.64 Å². The molecule has 0 unspecified atom stereocenters. The summed E-state index contributed by atoms with van der Waals surface area (Å²) in [6.45, 7) is 9.13. The van der Waals surface area contributed by atoms with Crippen LogP contribution in [0.3, 0.4) is 0 Å². The fourth-order valence-corrected chi connectivity index (χ4v) is 3.63. The van der Waals surface area contributed by atoms with Crippen molar-refractivity contribution < 1.29 is 14.3 Å². The second kappa shape index (κ2) is 7.64. The summed E-state index contributed by atoms with van der Waals surface area (Å²) in [5.74, 6) is 5.85. The standard InChI is InChI=1S/C21H25N3O3Si/c1-6-27-21(26)19-18-13-23(2)20(25)16-12-15(8-7-11-28(3,4)5)9-10-17(16)24(18)14-22-19/h9-10,12,14H,6,11,13H2,1-5H3. The van der Waals surface area contributed by atoms with Gasteiger partial charge in [-0.25, -0.2) is 9.78 Å². The van der Waals surface area contributed by atoms with Gasteiger partial charge >= 0.3 is 5.97 Å². The van der Waals surface area contributed by atoms with Crippen molar-refractivity contribution in [1.82, 2.24) is 14.5 Å². The van der Waals surface area contributed by atoms with Gasteiger partial charge in [0, 0.05) is 18.7 Å². The summed E-state index contributed by atoms with van der Waals surface area (Å²) in [6.07, 6.45) is 1.57. The molecule has 2 aromatic rings. The van der Waals surface area contributed by atoms with E-state index in [4.69, 9.17) is 4.74 Å². The zero-order chi connectivity index (χ0) is 20.5. The number of carbonyl (C=O) groups is 2. The molecule has 146 valence electrons. The van der Waals surface area contributed by atoms with Crippen LogP contribution in [0.25, 0.3) is 5.69 Å². The Labute approximate surface area is 166 Å². The molecule has 0 N–H and O–H groups in total. The number of amides is 1. The number of rotatable bonds is 3. The first-order valence-electron chi connectivity index (χ1n) is 9.33. The van der Waals surface area contributed by atoms with Gasteiger partial charge in [-0.2, -0.15) is 0 Å². The highest BCUT2D eigenvalue weighted by atomic mass is 28.3. The van der Waals surface area contributed by atoms with Crippen LogP contribution in [-0.4, -0.2) is 48.1 Å². The van der Waals surface area contributed by atoms with Crippen molar-refractivity contribution in [2.75, 3.05) is 13.7 Å². The third kappa shape index (κ3) is 4.02. The molecule has 0 aliphatic carbocycles. The molecule has 0 spiro atoms. The number of carbonyl (C=O) groups excluding carboxylic acids is 2.